The lowest BCUT2D eigenvalue weighted by molar-refractivity contribution is 0.132. The van der Waals surface area contributed by atoms with Gasteiger partial charge in [-0.15, -0.1) is 0 Å². The molecule has 0 aromatic heterocycles. The van der Waals surface area contributed by atoms with Crippen LogP contribution in [0.15, 0.2) is 18.2 Å². The second-order valence-corrected chi connectivity index (χ2v) is 4.63. The van der Waals surface area contributed by atoms with Crippen molar-refractivity contribution in [2.45, 2.75) is 26.8 Å². The van der Waals surface area contributed by atoms with Gasteiger partial charge in [0.15, 0.2) is 0 Å². The number of hydrogen-bond donors (Lipinski definition) is 2. The monoisotopic (exact) mass is 211 g/mol. The zero-order valence-electron chi connectivity index (χ0n) is 9.42. The van der Waals surface area contributed by atoms with Gasteiger partial charge in [-0.25, -0.2) is 4.39 Å². The van der Waals surface area contributed by atoms with Crippen LogP contribution < -0.4 is 5.73 Å². The van der Waals surface area contributed by atoms with E-state index in [1.54, 1.807) is 6.07 Å². The van der Waals surface area contributed by atoms with Gasteiger partial charge in [0, 0.05) is 18.1 Å². The fourth-order valence-corrected chi connectivity index (χ4v) is 1.47. The molecule has 1 aromatic rings. The molecule has 3 heteroatoms. The third-order valence-electron chi connectivity index (χ3n) is 2.83. The highest BCUT2D eigenvalue weighted by molar-refractivity contribution is 5.30. The van der Waals surface area contributed by atoms with Crippen LogP contribution in [-0.2, 0) is 0 Å². The maximum Gasteiger partial charge on any atom is 0.123 e. The third kappa shape index (κ3) is 2.55. The van der Waals surface area contributed by atoms with Crippen molar-refractivity contribution in [3.05, 3.63) is 35.1 Å². The van der Waals surface area contributed by atoms with E-state index in [4.69, 9.17) is 5.73 Å². The highest BCUT2D eigenvalue weighted by Gasteiger charge is 2.28. The van der Waals surface area contributed by atoms with Crippen LogP contribution in [0.3, 0.4) is 0 Å². The average molecular weight is 211 g/mol. The molecule has 1 rings (SSSR count). The minimum Gasteiger partial charge on any atom is -0.396 e. The Morgan fingerprint density at radius 2 is 2.07 bits per heavy atom. The second kappa shape index (κ2) is 4.29. The summed E-state index contributed by atoms with van der Waals surface area (Å²) in [6.07, 6.45) is 0. The van der Waals surface area contributed by atoms with Gasteiger partial charge in [0.05, 0.1) is 0 Å². The summed E-state index contributed by atoms with van der Waals surface area (Å²) in [7, 11) is 0. The number of aliphatic hydroxyl groups excluding tert-OH is 1. The molecular formula is C12H18FNO. The van der Waals surface area contributed by atoms with E-state index >= 15 is 0 Å². The molecule has 0 saturated carbocycles. The van der Waals surface area contributed by atoms with Crippen LogP contribution in [0, 0.1) is 18.2 Å². The van der Waals surface area contributed by atoms with Crippen LogP contribution in [-0.4, -0.2) is 11.7 Å². The summed E-state index contributed by atoms with van der Waals surface area (Å²) in [6, 6.07) is 4.20. The van der Waals surface area contributed by atoms with Gasteiger partial charge in [-0.1, -0.05) is 19.9 Å². The standard InChI is InChI=1S/C12H18FNO/c1-8-4-5-9(13)6-10(8)11(14)12(2,3)7-15/h4-6,11,15H,7,14H2,1-3H3/t11-/m0/s1. The molecule has 0 heterocycles. The van der Waals surface area contributed by atoms with Gasteiger partial charge >= 0.3 is 0 Å². The van der Waals surface area contributed by atoms with E-state index in [1.165, 1.54) is 12.1 Å². The van der Waals surface area contributed by atoms with Gasteiger partial charge in [0.25, 0.3) is 0 Å². The second-order valence-electron chi connectivity index (χ2n) is 4.63. The first-order chi connectivity index (χ1) is 6.88. The number of hydrogen-bond acceptors (Lipinski definition) is 2. The summed E-state index contributed by atoms with van der Waals surface area (Å²) in [5.41, 5.74) is 7.29. The van der Waals surface area contributed by atoms with E-state index < -0.39 is 5.41 Å². The van der Waals surface area contributed by atoms with Crippen molar-refractivity contribution < 1.29 is 9.50 Å². The van der Waals surface area contributed by atoms with Crippen molar-refractivity contribution in [2.24, 2.45) is 11.1 Å². The van der Waals surface area contributed by atoms with E-state index in [0.717, 1.165) is 11.1 Å². The van der Waals surface area contributed by atoms with Crippen LogP contribution in [0.2, 0.25) is 0 Å². The Bertz CT molecular complexity index is 349. The van der Waals surface area contributed by atoms with Crippen molar-refractivity contribution in [3.63, 3.8) is 0 Å². The Labute approximate surface area is 89.9 Å². The fourth-order valence-electron chi connectivity index (χ4n) is 1.47. The molecule has 3 N–H and O–H groups in total. The molecule has 0 radical (unpaired) electrons. The molecule has 0 saturated heterocycles. The van der Waals surface area contributed by atoms with Gasteiger partial charge < -0.3 is 10.8 Å². The first kappa shape index (κ1) is 12.1. The molecule has 2 nitrogen and oxygen atoms in total. The average Bonchev–Trinajstić information content (AvgIpc) is 2.20. The van der Waals surface area contributed by atoms with Gasteiger partial charge in [-0.05, 0) is 30.2 Å². The molecule has 1 atom stereocenters. The van der Waals surface area contributed by atoms with Crippen LogP contribution in [0.4, 0.5) is 4.39 Å². The highest BCUT2D eigenvalue weighted by Crippen LogP contribution is 2.32. The lowest BCUT2D eigenvalue weighted by Gasteiger charge is -2.30. The molecule has 0 aliphatic heterocycles. The van der Waals surface area contributed by atoms with Gasteiger partial charge in [-0.2, -0.15) is 0 Å². The third-order valence-corrected chi connectivity index (χ3v) is 2.83. The summed E-state index contributed by atoms with van der Waals surface area (Å²) in [5, 5.41) is 9.21. The minimum absolute atomic E-state index is 0.0237. The van der Waals surface area contributed by atoms with Gasteiger partial charge in [-0.3, -0.25) is 0 Å². The Hall–Kier alpha value is -0.930. The molecule has 1 aromatic carbocycles. The smallest absolute Gasteiger partial charge is 0.123 e. The van der Waals surface area contributed by atoms with Crippen molar-refractivity contribution in [1.82, 2.24) is 0 Å². The van der Waals surface area contributed by atoms with E-state index in [9.17, 15) is 9.50 Å². The predicted octanol–water partition coefficient (Wildman–Crippen LogP) is 2.15. The quantitative estimate of drug-likeness (QED) is 0.804. The van der Waals surface area contributed by atoms with Gasteiger partial charge in [0.2, 0.25) is 0 Å². The Morgan fingerprint density at radius 3 is 2.60 bits per heavy atom. The number of aryl methyl sites for hydroxylation is 1. The number of aliphatic hydroxyl groups is 1. The van der Waals surface area contributed by atoms with E-state index in [-0.39, 0.29) is 18.5 Å². The number of rotatable bonds is 3. The zero-order valence-corrected chi connectivity index (χ0v) is 9.42. The topological polar surface area (TPSA) is 46.2 Å². The number of benzene rings is 1. The van der Waals surface area contributed by atoms with E-state index in [0.29, 0.717) is 0 Å². The molecule has 0 fully saturated rings. The fraction of sp³-hybridized carbons (Fsp3) is 0.500. The largest absolute Gasteiger partial charge is 0.396 e. The summed E-state index contributed by atoms with van der Waals surface area (Å²) >= 11 is 0. The maximum absolute atomic E-state index is 13.1. The molecule has 0 amide bonds. The first-order valence-electron chi connectivity index (χ1n) is 5.01. The zero-order chi connectivity index (χ0) is 11.6. The molecule has 0 aliphatic carbocycles. The van der Waals surface area contributed by atoms with Crippen molar-refractivity contribution >= 4 is 0 Å². The van der Waals surface area contributed by atoms with E-state index in [2.05, 4.69) is 0 Å². The maximum atomic E-state index is 13.1. The summed E-state index contributed by atoms with van der Waals surface area (Å²) in [5.74, 6) is -0.292. The summed E-state index contributed by atoms with van der Waals surface area (Å²) in [4.78, 5) is 0. The Kier molecular flexibility index (Phi) is 3.47. The first-order valence-corrected chi connectivity index (χ1v) is 5.01. The van der Waals surface area contributed by atoms with Crippen LogP contribution in [0.1, 0.15) is 31.0 Å². The van der Waals surface area contributed by atoms with E-state index in [1.807, 2.05) is 20.8 Å². The highest BCUT2D eigenvalue weighted by atomic mass is 19.1. The normalized spacial score (nSPS) is 14.0. The Morgan fingerprint density at radius 1 is 1.47 bits per heavy atom. The predicted molar refractivity (Wildman–Crippen MR) is 58.9 cm³/mol. The number of halogens is 1. The number of nitrogens with two attached hydrogens (primary N) is 1. The lowest BCUT2D eigenvalue weighted by atomic mass is 9.80. The van der Waals surface area contributed by atoms with Crippen LogP contribution in [0.5, 0.6) is 0 Å². The molecular weight excluding hydrogens is 193 g/mol. The van der Waals surface area contributed by atoms with Crippen molar-refractivity contribution in [2.75, 3.05) is 6.61 Å². The van der Waals surface area contributed by atoms with Crippen molar-refractivity contribution in [1.29, 1.82) is 0 Å². The Balaban J connectivity index is 3.10. The van der Waals surface area contributed by atoms with Crippen LogP contribution >= 0.6 is 0 Å². The van der Waals surface area contributed by atoms with Gasteiger partial charge in [0.1, 0.15) is 5.82 Å². The molecule has 0 unspecified atom stereocenters. The lowest BCUT2D eigenvalue weighted by Crippen LogP contribution is -2.33. The molecule has 84 valence electrons. The molecule has 15 heavy (non-hydrogen) atoms. The molecule has 0 bridgehead atoms. The molecule has 0 spiro atoms. The van der Waals surface area contributed by atoms with Crippen LogP contribution in [0.25, 0.3) is 0 Å². The minimum atomic E-state index is -0.446. The summed E-state index contributed by atoms with van der Waals surface area (Å²) in [6.45, 7) is 5.59. The van der Waals surface area contributed by atoms with Crippen molar-refractivity contribution in [3.8, 4) is 0 Å². The SMILES string of the molecule is Cc1ccc(F)cc1[C@H](N)C(C)(C)CO. The molecule has 0 aliphatic rings. The summed E-state index contributed by atoms with van der Waals surface area (Å²) < 4.78 is 13.1.